The largest absolute Gasteiger partial charge is 0.488 e. The fourth-order valence-electron chi connectivity index (χ4n) is 3.35. The number of benzene rings is 3. The summed E-state index contributed by atoms with van der Waals surface area (Å²) < 4.78 is 13.3. The monoisotopic (exact) mass is 385 g/mol. The SMILES string of the molecule is CCOC(=O)c1ccc(Cn2ccc3c(OCc4ccccc4)cccc32)cc1. The molecule has 0 unspecified atom stereocenters. The average Bonchev–Trinajstić information content (AvgIpc) is 3.17. The van der Waals surface area contributed by atoms with Crippen molar-refractivity contribution in [1.29, 1.82) is 0 Å². The van der Waals surface area contributed by atoms with E-state index in [1.54, 1.807) is 6.92 Å². The first-order valence-electron chi connectivity index (χ1n) is 9.75. The molecule has 3 aromatic carbocycles. The number of esters is 1. The highest BCUT2D eigenvalue weighted by Crippen LogP contribution is 2.28. The van der Waals surface area contributed by atoms with Crippen LogP contribution in [0.3, 0.4) is 0 Å². The van der Waals surface area contributed by atoms with E-state index in [9.17, 15) is 4.79 Å². The number of ether oxygens (including phenoxy) is 2. The van der Waals surface area contributed by atoms with Gasteiger partial charge in [0.05, 0.1) is 17.7 Å². The number of carbonyl (C=O) groups excluding carboxylic acids is 1. The van der Waals surface area contributed by atoms with E-state index in [0.29, 0.717) is 18.8 Å². The van der Waals surface area contributed by atoms with Crippen LogP contribution in [0.25, 0.3) is 10.9 Å². The van der Waals surface area contributed by atoms with Crippen LogP contribution in [0.2, 0.25) is 0 Å². The predicted octanol–water partition coefficient (Wildman–Crippen LogP) is 5.45. The van der Waals surface area contributed by atoms with E-state index in [1.165, 1.54) is 0 Å². The van der Waals surface area contributed by atoms with Gasteiger partial charge in [0.15, 0.2) is 0 Å². The molecule has 146 valence electrons. The predicted molar refractivity (Wildman–Crippen MR) is 114 cm³/mol. The molecule has 4 heteroatoms. The van der Waals surface area contributed by atoms with Gasteiger partial charge in [0.25, 0.3) is 0 Å². The minimum Gasteiger partial charge on any atom is -0.488 e. The Morgan fingerprint density at radius 3 is 2.41 bits per heavy atom. The Morgan fingerprint density at radius 1 is 0.862 bits per heavy atom. The van der Waals surface area contributed by atoms with Crippen molar-refractivity contribution in [3.63, 3.8) is 0 Å². The van der Waals surface area contributed by atoms with E-state index in [1.807, 2.05) is 54.6 Å². The van der Waals surface area contributed by atoms with Crippen LogP contribution in [0.5, 0.6) is 5.75 Å². The van der Waals surface area contributed by atoms with Gasteiger partial charge in [-0.3, -0.25) is 0 Å². The lowest BCUT2D eigenvalue weighted by molar-refractivity contribution is 0.0526. The zero-order valence-electron chi connectivity index (χ0n) is 16.4. The third-order valence-corrected chi connectivity index (χ3v) is 4.83. The number of fused-ring (bicyclic) bond motifs is 1. The molecule has 0 saturated carbocycles. The molecule has 0 radical (unpaired) electrons. The zero-order valence-corrected chi connectivity index (χ0v) is 16.4. The van der Waals surface area contributed by atoms with Gasteiger partial charge in [0.1, 0.15) is 12.4 Å². The van der Waals surface area contributed by atoms with E-state index in [0.717, 1.165) is 34.3 Å². The Labute approximate surface area is 170 Å². The van der Waals surface area contributed by atoms with E-state index in [-0.39, 0.29) is 5.97 Å². The summed E-state index contributed by atoms with van der Waals surface area (Å²) in [5.41, 5.74) is 3.95. The van der Waals surface area contributed by atoms with Gasteiger partial charge in [0, 0.05) is 18.1 Å². The van der Waals surface area contributed by atoms with Crippen LogP contribution in [-0.2, 0) is 17.9 Å². The normalized spacial score (nSPS) is 10.8. The van der Waals surface area contributed by atoms with Crippen molar-refractivity contribution in [2.45, 2.75) is 20.1 Å². The molecular formula is C25H23NO3. The summed E-state index contributed by atoms with van der Waals surface area (Å²) in [6, 6.07) is 25.9. The van der Waals surface area contributed by atoms with Crippen molar-refractivity contribution >= 4 is 16.9 Å². The molecule has 4 nitrogen and oxygen atoms in total. The molecule has 0 aliphatic carbocycles. The summed E-state index contributed by atoms with van der Waals surface area (Å²) >= 11 is 0. The molecule has 0 amide bonds. The van der Waals surface area contributed by atoms with Crippen LogP contribution in [0.4, 0.5) is 0 Å². The Kier molecular flexibility index (Phi) is 5.61. The fourth-order valence-corrected chi connectivity index (χ4v) is 3.35. The number of aromatic nitrogens is 1. The first-order chi connectivity index (χ1) is 14.2. The van der Waals surface area contributed by atoms with Crippen molar-refractivity contribution in [3.05, 3.63) is 102 Å². The van der Waals surface area contributed by atoms with Crippen molar-refractivity contribution in [3.8, 4) is 5.75 Å². The molecule has 0 fully saturated rings. The maximum absolute atomic E-state index is 11.8. The molecule has 0 saturated heterocycles. The number of hydrogen-bond acceptors (Lipinski definition) is 3. The smallest absolute Gasteiger partial charge is 0.338 e. The van der Waals surface area contributed by atoms with Crippen LogP contribution < -0.4 is 4.74 Å². The lowest BCUT2D eigenvalue weighted by atomic mass is 10.1. The third kappa shape index (κ3) is 4.32. The molecule has 1 heterocycles. The van der Waals surface area contributed by atoms with E-state index >= 15 is 0 Å². The molecule has 0 spiro atoms. The van der Waals surface area contributed by atoms with Crippen LogP contribution in [0.1, 0.15) is 28.4 Å². The molecule has 0 aliphatic heterocycles. The Balaban J connectivity index is 1.51. The Bertz CT molecular complexity index is 1100. The third-order valence-electron chi connectivity index (χ3n) is 4.83. The second kappa shape index (κ2) is 8.65. The van der Waals surface area contributed by atoms with E-state index < -0.39 is 0 Å². The molecule has 0 aliphatic rings. The number of hydrogen-bond donors (Lipinski definition) is 0. The minimum absolute atomic E-state index is 0.286. The summed E-state index contributed by atoms with van der Waals surface area (Å²) in [7, 11) is 0. The van der Waals surface area contributed by atoms with Gasteiger partial charge in [-0.1, -0.05) is 48.5 Å². The second-order valence-corrected chi connectivity index (χ2v) is 6.82. The van der Waals surface area contributed by atoms with Crippen molar-refractivity contribution in [2.75, 3.05) is 6.61 Å². The number of nitrogens with zero attached hydrogens (tertiary/aromatic N) is 1. The summed E-state index contributed by atoms with van der Waals surface area (Å²) in [6.07, 6.45) is 2.07. The molecular weight excluding hydrogens is 362 g/mol. The van der Waals surface area contributed by atoms with Gasteiger partial charge in [-0.05, 0) is 48.4 Å². The van der Waals surface area contributed by atoms with Crippen LogP contribution >= 0.6 is 0 Å². The lowest BCUT2D eigenvalue weighted by Gasteiger charge is -2.10. The molecule has 0 bridgehead atoms. The highest BCUT2D eigenvalue weighted by atomic mass is 16.5. The van der Waals surface area contributed by atoms with Crippen LogP contribution in [0, 0.1) is 0 Å². The molecule has 29 heavy (non-hydrogen) atoms. The molecule has 4 aromatic rings. The Hall–Kier alpha value is -3.53. The van der Waals surface area contributed by atoms with Crippen molar-refractivity contribution < 1.29 is 14.3 Å². The highest BCUT2D eigenvalue weighted by molar-refractivity contribution is 5.89. The second-order valence-electron chi connectivity index (χ2n) is 6.82. The molecule has 0 N–H and O–H groups in total. The Morgan fingerprint density at radius 2 is 1.66 bits per heavy atom. The first kappa shape index (κ1) is 18.8. The highest BCUT2D eigenvalue weighted by Gasteiger charge is 2.09. The first-order valence-corrected chi connectivity index (χ1v) is 9.75. The number of carbonyl (C=O) groups is 1. The summed E-state index contributed by atoms with van der Waals surface area (Å²) in [4.78, 5) is 11.8. The lowest BCUT2D eigenvalue weighted by Crippen LogP contribution is -2.05. The minimum atomic E-state index is -0.286. The molecule has 1 aromatic heterocycles. The van der Waals surface area contributed by atoms with Gasteiger partial charge in [-0.15, -0.1) is 0 Å². The quantitative estimate of drug-likeness (QED) is 0.398. The molecule has 0 atom stereocenters. The van der Waals surface area contributed by atoms with Gasteiger partial charge < -0.3 is 14.0 Å². The average molecular weight is 385 g/mol. The topological polar surface area (TPSA) is 40.5 Å². The maximum atomic E-state index is 11.8. The van der Waals surface area contributed by atoms with E-state index in [4.69, 9.17) is 9.47 Å². The van der Waals surface area contributed by atoms with Gasteiger partial charge in [-0.2, -0.15) is 0 Å². The fraction of sp³-hybridized carbons (Fsp3) is 0.160. The zero-order chi connectivity index (χ0) is 20.1. The van der Waals surface area contributed by atoms with E-state index in [2.05, 4.69) is 35.0 Å². The van der Waals surface area contributed by atoms with Gasteiger partial charge >= 0.3 is 5.97 Å². The van der Waals surface area contributed by atoms with Gasteiger partial charge in [-0.25, -0.2) is 4.79 Å². The summed E-state index contributed by atoms with van der Waals surface area (Å²) in [6.45, 7) is 3.45. The summed E-state index contributed by atoms with van der Waals surface area (Å²) in [5, 5.41) is 1.09. The van der Waals surface area contributed by atoms with Crippen LogP contribution in [-0.4, -0.2) is 17.1 Å². The molecule has 4 rings (SSSR count). The standard InChI is InChI=1S/C25H23NO3/c1-2-28-25(27)21-13-11-19(12-14-21)17-26-16-15-22-23(26)9-6-10-24(22)29-18-20-7-4-3-5-8-20/h3-16H,2,17-18H2,1H3. The number of rotatable bonds is 7. The van der Waals surface area contributed by atoms with Crippen LogP contribution in [0.15, 0.2) is 85.1 Å². The van der Waals surface area contributed by atoms with Crippen molar-refractivity contribution in [1.82, 2.24) is 4.57 Å². The summed E-state index contributed by atoms with van der Waals surface area (Å²) in [5.74, 6) is 0.591. The van der Waals surface area contributed by atoms with Crippen molar-refractivity contribution in [2.24, 2.45) is 0 Å². The van der Waals surface area contributed by atoms with Gasteiger partial charge in [0.2, 0.25) is 0 Å². The maximum Gasteiger partial charge on any atom is 0.338 e.